The maximum Gasteiger partial charge on any atom is 0.275 e. The number of hydrogen-bond acceptors (Lipinski definition) is 4. The molecule has 0 bridgehead atoms. The van der Waals surface area contributed by atoms with Crippen LogP contribution < -0.4 is 10.3 Å². The van der Waals surface area contributed by atoms with E-state index in [1.54, 1.807) is 12.4 Å². The second-order valence-electron chi connectivity index (χ2n) is 5.34. The normalized spacial score (nSPS) is 10.6. The summed E-state index contributed by atoms with van der Waals surface area (Å²) >= 11 is 0. The minimum absolute atomic E-state index is 0.274. The number of H-pyrrole nitrogens is 1. The average Bonchev–Trinajstić information content (AvgIpc) is 3.18. The lowest BCUT2D eigenvalue weighted by molar-refractivity contribution is 0.477. The molecule has 122 valence electrons. The molecule has 0 saturated carbocycles. The van der Waals surface area contributed by atoms with E-state index in [9.17, 15) is 4.79 Å². The zero-order chi connectivity index (χ0) is 17.1. The topological polar surface area (TPSA) is 72.8 Å². The number of aromatic amines is 1. The summed E-state index contributed by atoms with van der Waals surface area (Å²) in [4.78, 5) is 12.5. The number of ether oxygens (including phenoxy) is 1. The van der Waals surface area contributed by atoms with Crippen LogP contribution in [-0.4, -0.2) is 20.0 Å². The van der Waals surface area contributed by atoms with Crippen LogP contribution in [0.4, 0.5) is 0 Å². The molecule has 0 aliphatic carbocycles. The molecule has 2 heterocycles. The van der Waals surface area contributed by atoms with E-state index < -0.39 is 0 Å². The molecule has 0 aliphatic rings. The molecule has 0 unspecified atom stereocenters. The minimum atomic E-state index is -0.274. The summed E-state index contributed by atoms with van der Waals surface area (Å²) in [5, 5.41) is 11.2. The van der Waals surface area contributed by atoms with Gasteiger partial charge in [0, 0.05) is 11.8 Å². The van der Waals surface area contributed by atoms with E-state index in [1.807, 2.05) is 60.7 Å². The fourth-order valence-electron chi connectivity index (χ4n) is 2.47. The van der Waals surface area contributed by atoms with Gasteiger partial charge in [-0.1, -0.05) is 36.4 Å². The summed E-state index contributed by atoms with van der Waals surface area (Å²) in [7, 11) is 0. The van der Waals surface area contributed by atoms with Crippen molar-refractivity contribution in [1.29, 1.82) is 0 Å². The quantitative estimate of drug-likeness (QED) is 0.622. The third-order valence-corrected chi connectivity index (χ3v) is 3.64. The van der Waals surface area contributed by atoms with Crippen LogP contribution in [0.2, 0.25) is 0 Å². The van der Waals surface area contributed by atoms with Crippen molar-refractivity contribution in [3.8, 4) is 28.4 Å². The van der Waals surface area contributed by atoms with E-state index in [2.05, 4.69) is 15.3 Å². The fourth-order valence-corrected chi connectivity index (χ4v) is 2.47. The lowest BCUT2D eigenvalue weighted by atomic mass is 10.2. The minimum Gasteiger partial charge on any atom is -0.455 e. The van der Waals surface area contributed by atoms with E-state index in [0.29, 0.717) is 22.9 Å². The molecule has 0 spiro atoms. The number of para-hydroxylation sites is 2. The van der Waals surface area contributed by atoms with Gasteiger partial charge in [-0.25, -0.2) is 0 Å². The molecule has 0 amide bonds. The molecule has 0 atom stereocenters. The molecule has 0 saturated heterocycles. The Morgan fingerprint density at radius 3 is 2.36 bits per heavy atom. The Morgan fingerprint density at radius 1 is 0.960 bits per heavy atom. The van der Waals surface area contributed by atoms with Crippen LogP contribution in [0.1, 0.15) is 0 Å². The third-order valence-electron chi connectivity index (χ3n) is 3.64. The zero-order valence-corrected chi connectivity index (χ0v) is 13.2. The molecule has 4 aromatic rings. The molecule has 2 aromatic heterocycles. The first kappa shape index (κ1) is 14.9. The Hall–Kier alpha value is -3.67. The first-order chi connectivity index (χ1) is 12.3. The van der Waals surface area contributed by atoms with Crippen molar-refractivity contribution in [2.24, 2.45) is 0 Å². The van der Waals surface area contributed by atoms with Gasteiger partial charge in [0.25, 0.3) is 5.56 Å². The smallest absolute Gasteiger partial charge is 0.275 e. The molecule has 25 heavy (non-hydrogen) atoms. The third kappa shape index (κ3) is 3.05. The number of hydrogen-bond donors (Lipinski definition) is 1. The van der Waals surface area contributed by atoms with Crippen molar-refractivity contribution >= 4 is 0 Å². The van der Waals surface area contributed by atoms with Gasteiger partial charge >= 0.3 is 0 Å². The molecule has 2 aromatic carbocycles. The van der Waals surface area contributed by atoms with Crippen LogP contribution in [-0.2, 0) is 0 Å². The van der Waals surface area contributed by atoms with Gasteiger partial charge in [-0.05, 0) is 24.3 Å². The van der Waals surface area contributed by atoms with E-state index >= 15 is 0 Å². The Balaban J connectivity index is 1.87. The van der Waals surface area contributed by atoms with E-state index in [4.69, 9.17) is 4.74 Å². The summed E-state index contributed by atoms with van der Waals surface area (Å²) in [5.74, 6) is 1.01. The number of rotatable bonds is 4. The Morgan fingerprint density at radius 2 is 1.68 bits per heavy atom. The standard InChI is InChI=1S/C19H14N4O2/c24-18-11-17(25-16-9-5-2-6-10-16)19(14-12-20-21-13-14)22-23(18)15-7-3-1-4-8-15/h1-13H,(H,20,21). The molecule has 6 nitrogen and oxygen atoms in total. The first-order valence-electron chi connectivity index (χ1n) is 7.73. The lowest BCUT2D eigenvalue weighted by Gasteiger charge is -2.12. The molecular formula is C19H14N4O2. The molecule has 0 fully saturated rings. The van der Waals surface area contributed by atoms with Crippen molar-refractivity contribution in [3.05, 3.63) is 89.5 Å². The van der Waals surface area contributed by atoms with Crippen molar-refractivity contribution in [3.63, 3.8) is 0 Å². The number of nitrogens with one attached hydrogen (secondary N) is 1. The summed E-state index contributed by atoms with van der Waals surface area (Å²) in [6, 6.07) is 20.0. The van der Waals surface area contributed by atoms with Gasteiger partial charge in [0.2, 0.25) is 0 Å². The van der Waals surface area contributed by atoms with E-state index in [-0.39, 0.29) is 5.56 Å². The molecule has 0 aliphatic heterocycles. The van der Waals surface area contributed by atoms with Gasteiger partial charge in [-0.2, -0.15) is 14.9 Å². The summed E-state index contributed by atoms with van der Waals surface area (Å²) in [6.07, 6.45) is 3.35. The van der Waals surface area contributed by atoms with Crippen molar-refractivity contribution < 1.29 is 4.74 Å². The van der Waals surface area contributed by atoms with Crippen LogP contribution in [0, 0.1) is 0 Å². The Labute approximate surface area is 143 Å². The SMILES string of the molecule is O=c1cc(Oc2ccccc2)c(-c2cn[nH]c2)nn1-c1ccccc1. The van der Waals surface area contributed by atoms with E-state index in [0.717, 1.165) is 5.56 Å². The first-order valence-corrected chi connectivity index (χ1v) is 7.73. The Bertz CT molecular complexity index is 1030. The highest BCUT2D eigenvalue weighted by atomic mass is 16.5. The molecule has 6 heteroatoms. The maximum absolute atomic E-state index is 12.5. The van der Waals surface area contributed by atoms with Gasteiger partial charge in [0.15, 0.2) is 5.75 Å². The largest absolute Gasteiger partial charge is 0.455 e. The monoisotopic (exact) mass is 330 g/mol. The highest BCUT2D eigenvalue weighted by molar-refractivity contribution is 5.64. The lowest BCUT2D eigenvalue weighted by Crippen LogP contribution is -2.21. The predicted molar refractivity (Wildman–Crippen MR) is 93.9 cm³/mol. The highest BCUT2D eigenvalue weighted by Gasteiger charge is 2.15. The van der Waals surface area contributed by atoms with Crippen molar-refractivity contribution in [2.45, 2.75) is 0 Å². The van der Waals surface area contributed by atoms with E-state index in [1.165, 1.54) is 10.7 Å². The van der Waals surface area contributed by atoms with Crippen LogP contribution in [0.25, 0.3) is 16.9 Å². The van der Waals surface area contributed by atoms with Gasteiger partial charge < -0.3 is 4.74 Å². The van der Waals surface area contributed by atoms with Gasteiger partial charge in [-0.15, -0.1) is 0 Å². The number of benzene rings is 2. The van der Waals surface area contributed by atoms with Crippen LogP contribution in [0.3, 0.4) is 0 Å². The average molecular weight is 330 g/mol. The highest BCUT2D eigenvalue weighted by Crippen LogP contribution is 2.30. The van der Waals surface area contributed by atoms with Crippen LogP contribution in [0.15, 0.2) is 83.9 Å². The second kappa shape index (κ2) is 6.45. The van der Waals surface area contributed by atoms with Crippen LogP contribution >= 0.6 is 0 Å². The number of nitrogens with zero attached hydrogens (tertiary/aromatic N) is 3. The molecule has 0 radical (unpaired) electrons. The molecule has 1 N–H and O–H groups in total. The Kier molecular flexibility index (Phi) is 3.84. The van der Waals surface area contributed by atoms with Gasteiger partial charge in [0.1, 0.15) is 11.4 Å². The fraction of sp³-hybridized carbons (Fsp3) is 0. The zero-order valence-electron chi connectivity index (χ0n) is 13.2. The summed E-state index contributed by atoms with van der Waals surface area (Å²) in [6.45, 7) is 0. The number of aromatic nitrogens is 4. The predicted octanol–water partition coefficient (Wildman–Crippen LogP) is 3.41. The molecule has 4 rings (SSSR count). The maximum atomic E-state index is 12.5. The second-order valence-corrected chi connectivity index (χ2v) is 5.34. The van der Waals surface area contributed by atoms with Crippen LogP contribution in [0.5, 0.6) is 11.5 Å². The summed E-state index contributed by atoms with van der Waals surface area (Å²) in [5.41, 5.74) is 1.67. The van der Waals surface area contributed by atoms with Crippen molar-refractivity contribution in [2.75, 3.05) is 0 Å². The summed E-state index contributed by atoms with van der Waals surface area (Å²) < 4.78 is 7.23. The molecular weight excluding hydrogens is 316 g/mol. The van der Waals surface area contributed by atoms with Gasteiger partial charge in [0.05, 0.1) is 18.0 Å². The van der Waals surface area contributed by atoms with Gasteiger partial charge in [-0.3, -0.25) is 9.89 Å². The van der Waals surface area contributed by atoms with Crippen molar-refractivity contribution in [1.82, 2.24) is 20.0 Å².